The van der Waals surface area contributed by atoms with E-state index in [0.29, 0.717) is 5.15 Å². The van der Waals surface area contributed by atoms with Crippen molar-refractivity contribution in [3.05, 3.63) is 72.3 Å². The minimum absolute atomic E-state index is 0.502. The molecule has 3 heteroatoms. The first-order valence-electron chi connectivity index (χ1n) is 5.68. The van der Waals surface area contributed by atoms with Crippen molar-refractivity contribution in [1.29, 1.82) is 0 Å². The fraction of sp³-hybridized carbons (Fsp3) is 0. The maximum Gasteiger partial charge on any atom is 0.131 e. The molecule has 3 rings (SSSR count). The van der Waals surface area contributed by atoms with Crippen LogP contribution in [0.1, 0.15) is 0 Å². The van der Waals surface area contributed by atoms with Gasteiger partial charge in [-0.2, -0.15) is 0 Å². The van der Waals surface area contributed by atoms with E-state index < -0.39 is 0 Å². The maximum atomic E-state index is 5.89. The molecule has 0 atom stereocenters. The fourth-order valence-corrected chi connectivity index (χ4v) is 2.08. The second-order valence-corrected chi connectivity index (χ2v) is 4.40. The minimum Gasteiger partial charge on any atom is -0.323 e. The Morgan fingerprint density at radius 1 is 0.944 bits per heavy atom. The van der Waals surface area contributed by atoms with E-state index in [1.54, 1.807) is 6.20 Å². The summed E-state index contributed by atoms with van der Waals surface area (Å²) in [6.07, 6.45) is 5.81. The third kappa shape index (κ3) is 2.15. The predicted octanol–water partition coefficient (Wildman–Crippen LogP) is 4.19. The van der Waals surface area contributed by atoms with Crippen LogP contribution in [0.5, 0.6) is 0 Å². The van der Waals surface area contributed by atoms with E-state index >= 15 is 0 Å². The van der Waals surface area contributed by atoms with E-state index in [4.69, 9.17) is 11.6 Å². The van der Waals surface area contributed by atoms with Gasteiger partial charge in [0.05, 0.1) is 0 Å². The van der Waals surface area contributed by atoms with E-state index in [0.717, 1.165) is 5.69 Å². The topological polar surface area (TPSA) is 17.8 Å². The lowest BCUT2D eigenvalue weighted by atomic mass is 10.1. The van der Waals surface area contributed by atoms with Crippen molar-refractivity contribution >= 4 is 11.6 Å². The Balaban J connectivity index is 2.00. The summed E-state index contributed by atoms with van der Waals surface area (Å²) in [5, 5.41) is 0.502. The summed E-state index contributed by atoms with van der Waals surface area (Å²) in [6.45, 7) is 0. The van der Waals surface area contributed by atoms with E-state index in [9.17, 15) is 0 Å². The number of nitrogens with zero attached hydrogens (tertiary/aromatic N) is 2. The lowest BCUT2D eigenvalue weighted by Gasteiger charge is -2.02. The summed E-state index contributed by atoms with van der Waals surface area (Å²) in [7, 11) is 0. The first-order chi connectivity index (χ1) is 8.83. The number of benzene rings is 1. The van der Waals surface area contributed by atoms with Gasteiger partial charge in [0.25, 0.3) is 0 Å². The highest BCUT2D eigenvalue weighted by molar-refractivity contribution is 6.29. The predicted molar refractivity (Wildman–Crippen MR) is 74.0 cm³/mol. The molecule has 0 N–H and O–H groups in total. The minimum atomic E-state index is 0.502. The molecule has 0 spiro atoms. The van der Waals surface area contributed by atoms with Crippen molar-refractivity contribution in [2.75, 3.05) is 0 Å². The largest absolute Gasteiger partial charge is 0.323 e. The summed E-state index contributed by atoms with van der Waals surface area (Å²) >= 11 is 5.89. The fourth-order valence-electron chi connectivity index (χ4n) is 1.91. The third-order valence-electron chi connectivity index (χ3n) is 2.81. The normalized spacial score (nSPS) is 10.5. The second-order valence-electron chi connectivity index (χ2n) is 4.01. The highest BCUT2D eigenvalue weighted by atomic mass is 35.5. The number of hydrogen-bond donors (Lipinski definition) is 0. The monoisotopic (exact) mass is 254 g/mol. The molecule has 2 aromatic heterocycles. The molecular formula is C15H11ClN2. The Morgan fingerprint density at radius 3 is 2.56 bits per heavy atom. The lowest BCUT2D eigenvalue weighted by molar-refractivity contribution is 1.07. The molecule has 0 unspecified atom stereocenters. The molecule has 1 aromatic carbocycles. The smallest absolute Gasteiger partial charge is 0.131 e. The van der Waals surface area contributed by atoms with Gasteiger partial charge in [-0.05, 0) is 29.3 Å². The highest BCUT2D eigenvalue weighted by Crippen LogP contribution is 2.21. The molecule has 0 fully saturated rings. The van der Waals surface area contributed by atoms with Crippen molar-refractivity contribution in [3.63, 3.8) is 0 Å². The number of hydrogen-bond acceptors (Lipinski definition) is 1. The van der Waals surface area contributed by atoms with Crippen LogP contribution in [0.25, 0.3) is 16.8 Å². The molecule has 0 saturated heterocycles. The Labute approximate surface area is 110 Å². The van der Waals surface area contributed by atoms with Crippen LogP contribution in [0.4, 0.5) is 0 Å². The molecule has 0 aliphatic rings. The zero-order valence-electron chi connectivity index (χ0n) is 9.62. The van der Waals surface area contributed by atoms with Gasteiger partial charge in [-0.1, -0.05) is 41.9 Å². The van der Waals surface area contributed by atoms with Crippen molar-refractivity contribution in [2.24, 2.45) is 0 Å². The van der Waals surface area contributed by atoms with E-state index in [1.807, 2.05) is 41.1 Å². The van der Waals surface area contributed by atoms with Gasteiger partial charge in [0, 0.05) is 24.3 Å². The molecule has 88 valence electrons. The van der Waals surface area contributed by atoms with Gasteiger partial charge in [0.2, 0.25) is 0 Å². The van der Waals surface area contributed by atoms with Crippen LogP contribution in [-0.2, 0) is 0 Å². The molecule has 0 bridgehead atoms. The Morgan fingerprint density at radius 2 is 1.78 bits per heavy atom. The average molecular weight is 255 g/mol. The van der Waals surface area contributed by atoms with Crippen LogP contribution < -0.4 is 0 Å². The molecule has 2 nitrogen and oxygen atoms in total. The van der Waals surface area contributed by atoms with Crippen LogP contribution in [0.3, 0.4) is 0 Å². The van der Waals surface area contributed by atoms with Gasteiger partial charge in [-0.15, -0.1) is 0 Å². The summed E-state index contributed by atoms with van der Waals surface area (Å²) in [6, 6.07) is 16.1. The van der Waals surface area contributed by atoms with Crippen LogP contribution in [0.2, 0.25) is 5.15 Å². The van der Waals surface area contributed by atoms with Crippen molar-refractivity contribution in [2.45, 2.75) is 0 Å². The second kappa shape index (κ2) is 4.67. The molecule has 0 saturated carbocycles. The molecule has 0 amide bonds. The van der Waals surface area contributed by atoms with Crippen LogP contribution >= 0.6 is 11.6 Å². The van der Waals surface area contributed by atoms with Gasteiger partial charge in [-0.3, -0.25) is 0 Å². The van der Waals surface area contributed by atoms with Crippen molar-refractivity contribution in [1.82, 2.24) is 9.55 Å². The first-order valence-corrected chi connectivity index (χ1v) is 6.06. The summed E-state index contributed by atoms with van der Waals surface area (Å²) in [5.74, 6) is 0. The van der Waals surface area contributed by atoms with Crippen molar-refractivity contribution < 1.29 is 0 Å². The quantitative estimate of drug-likeness (QED) is 0.627. The Kier molecular flexibility index (Phi) is 2.87. The Hall–Kier alpha value is -2.06. The molecular weight excluding hydrogens is 244 g/mol. The summed E-state index contributed by atoms with van der Waals surface area (Å²) in [5.41, 5.74) is 3.40. The first kappa shape index (κ1) is 11.1. The number of rotatable bonds is 2. The van der Waals surface area contributed by atoms with Crippen LogP contribution in [-0.4, -0.2) is 9.55 Å². The molecule has 3 aromatic rings. The molecule has 2 heterocycles. The SMILES string of the molecule is Clc1cc(-n2ccc(-c3ccccc3)c2)ccn1. The highest BCUT2D eigenvalue weighted by Gasteiger charge is 2.02. The molecule has 0 aliphatic heterocycles. The van der Waals surface area contributed by atoms with Crippen molar-refractivity contribution in [3.8, 4) is 16.8 Å². The summed E-state index contributed by atoms with van der Waals surface area (Å²) in [4.78, 5) is 3.98. The van der Waals surface area contributed by atoms with Crippen LogP contribution in [0, 0.1) is 0 Å². The average Bonchev–Trinajstić information content (AvgIpc) is 2.89. The van der Waals surface area contributed by atoms with Gasteiger partial charge < -0.3 is 4.57 Å². The van der Waals surface area contributed by atoms with E-state index in [-0.39, 0.29) is 0 Å². The third-order valence-corrected chi connectivity index (χ3v) is 3.01. The Bertz CT molecular complexity index is 659. The zero-order valence-corrected chi connectivity index (χ0v) is 10.4. The van der Waals surface area contributed by atoms with Gasteiger partial charge in [0.1, 0.15) is 5.15 Å². The lowest BCUT2D eigenvalue weighted by Crippen LogP contribution is -1.89. The standard InChI is InChI=1S/C15H11ClN2/c16-15-10-14(6-8-17-15)18-9-7-13(11-18)12-4-2-1-3-5-12/h1-11H. The van der Waals surface area contributed by atoms with E-state index in [2.05, 4.69) is 29.4 Å². The molecule has 0 aliphatic carbocycles. The molecule has 0 radical (unpaired) electrons. The summed E-state index contributed by atoms with van der Waals surface area (Å²) < 4.78 is 2.04. The van der Waals surface area contributed by atoms with E-state index in [1.165, 1.54) is 11.1 Å². The number of pyridine rings is 1. The number of halogens is 1. The molecule has 18 heavy (non-hydrogen) atoms. The van der Waals surface area contributed by atoms with Gasteiger partial charge >= 0.3 is 0 Å². The van der Waals surface area contributed by atoms with Gasteiger partial charge in [0.15, 0.2) is 0 Å². The maximum absolute atomic E-state index is 5.89. The van der Waals surface area contributed by atoms with Gasteiger partial charge in [-0.25, -0.2) is 4.98 Å². The van der Waals surface area contributed by atoms with Crippen LogP contribution in [0.15, 0.2) is 67.1 Å². The number of aromatic nitrogens is 2. The zero-order chi connectivity index (χ0) is 12.4.